The average Bonchev–Trinajstić information content (AvgIpc) is 3.34. The van der Waals surface area contributed by atoms with Crippen molar-refractivity contribution in [3.63, 3.8) is 0 Å². The summed E-state index contributed by atoms with van der Waals surface area (Å²) in [5, 5.41) is 10.4. The van der Waals surface area contributed by atoms with E-state index in [4.69, 9.17) is 14.3 Å². The highest BCUT2D eigenvalue weighted by Crippen LogP contribution is 2.20. The van der Waals surface area contributed by atoms with Crippen molar-refractivity contribution in [1.29, 1.82) is 0 Å². The van der Waals surface area contributed by atoms with Crippen molar-refractivity contribution in [2.75, 3.05) is 19.6 Å². The first-order valence-corrected chi connectivity index (χ1v) is 10.4. The summed E-state index contributed by atoms with van der Waals surface area (Å²) in [6.45, 7) is 10.3. The Bertz CT molecular complexity index is 857. The van der Waals surface area contributed by atoms with Crippen LogP contribution in [0, 0.1) is 0 Å². The molecule has 2 N–H and O–H groups in total. The predicted octanol–water partition coefficient (Wildman–Crippen LogP) is 3.41. The molecule has 0 bridgehead atoms. The first kappa shape index (κ1) is 21.7. The smallest absolute Gasteiger partial charge is 0.407 e. The van der Waals surface area contributed by atoms with E-state index in [-0.39, 0.29) is 12.1 Å². The fourth-order valence-electron chi connectivity index (χ4n) is 3.25. The number of likely N-dealkylation sites (tertiary alicyclic amines) is 1. The molecule has 1 atom stereocenters. The van der Waals surface area contributed by atoms with Crippen LogP contribution < -0.4 is 10.6 Å². The number of carbonyl (C=O) groups is 1. The van der Waals surface area contributed by atoms with E-state index in [1.807, 2.05) is 64.1 Å². The third-order valence-electron chi connectivity index (χ3n) is 4.55. The number of benzene rings is 1. The van der Waals surface area contributed by atoms with Crippen LogP contribution in [0.15, 0.2) is 45.9 Å². The maximum atomic E-state index is 12.0. The van der Waals surface area contributed by atoms with E-state index >= 15 is 0 Å². The number of hydrogen-bond donors (Lipinski definition) is 2. The highest BCUT2D eigenvalue weighted by molar-refractivity contribution is 5.80. The fraction of sp³-hybridized carbons (Fsp3) is 0.500. The zero-order valence-corrected chi connectivity index (χ0v) is 18.1. The standard InChI is InChI=1S/C22H31N5O3/c1-5-23-20(27-12-11-17(15-27)25-21(28)29-22(2,3)4)24-14-18-13-19(30-26-18)16-9-7-6-8-10-16/h6-10,13,17H,5,11-12,14-15H2,1-4H3,(H,23,24)(H,25,28). The van der Waals surface area contributed by atoms with Crippen molar-refractivity contribution in [3.8, 4) is 11.3 Å². The molecule has 162 valence electrons. The Balaban J connectivity index is 1.59. The zero-order valence-electron chi connectivity index (χ0n) is 18.1. The van der Waals surface area contributed by atoms with Crippen LogP contribution in [0.1, 0.15) is 39.8 Å². The lowest BCUT2D eigenvalue weighted by atomic mass is 10.2. The summed E-state index contributed by atoms with van der Waals surface area (Å²) in [4.78, 5) is 18.9. The van der Waals surface area contributed by atoms with Gasteiger partial charge in [-0.05, 0) is 34.1 Å². The number of nitrogens with zero attached hydrogens (tertiary/aromatic N) is 3. The molecule has 1 aliphatic heterocycles. The van der Waals surface area contributed by atoms with Gasteiger partial charge in [-0.2, -0.15) is 0 Å². The van der Waals surface area contributed by atoms with Crippen LogP contribution in [0.4, 0.5) is 4.79 Å². The molecule has 1 aliphatic rings. The van der Waals surface area contributed by atoms with Crippen LogP contribution in [-0.2, 0) is 11.3 Å². The second kappa shape index (κ2) is 9.65. The van der Waals surface area contributed by atoms with Crippen LogP contribution in [-0.4, -0.2) is 53.4 Å². The number of amides is 1. The van der Waals surface area contributed by atoms with Crippen LogP contribution in [0.5, 0.6) is 0 Å². The molecule has 8 heteroatoms. The van der Waals surface area contributed by atoms with Gasteiger partial charge < -0.3 is 24.8 Å². The number of ether oxygens (including phenoxy) is 1. The summed E-state index contributed by atoms with van der Waals surface area (Å²) >= 11 is 0. The van der Waals surface area contributed by atoms with Gasteiger partial charge in [0.15, 0.2) is 11.7 Å². The minimum absolute atomic E-state index is 0.0282. The molecule has 1 aromatic carbocycles. The largest absolute Gasteiger partial charge is 0.444 e. The molecule has 1 saturated heterocycles. The Morgan fingerprint density at radius 1 is 1.33 bits per heavy atom. The van der Waals surface area contributed by atoms with Gasteiger partial charge in [-0.25, -0.2) is 9.79 Å². The van der Waals surface area contributed by atoms with E-state index in [0.29, 0.717) is 13.1 Å². The molecule has 1 aromatic heterocycles. The van der Waals surface area contributed by atoms with Crippen LogP contribution in [0.2, 0.25) is 0 Å². The van der Waals surface area contributed by atoms with Gasteiger partial charge in [-0.15, -0.1) is 0 Å². The van der Waals surface area contributed by atoms with Gasteiger partial charge in [0.25, 0.3) is 0 Å². The normalized spacial score (nSPS) is 17.1. The van der Waals surface area contributed by atoms with Crippen molar-refractivity contribution in [3.05, 3.63) is 42.1 Å². The number of guanidine groups is 1. The molecule has 1 fully saturated rings. The summed E-state index contributed by atoms with van der Waals surface area (Å²) < 4.78 is 10.8. The molecule has 3 rings (SSSR count). The van der Waals surface area contributed by atoms with Crippen LogP contribution >= 0.6 is 0 Å². The van der Waals surface area contributed by atoms with Crippen molar-refractivity contribution in [2.24, 2.45) is 4.99 Å². The summed E-state index contributed by atoms with van der Waals surface area (Å²) in [5.41, 5.74) is 1.25. The third kappa shape index (κ3) is 6.23. The highest BCUT2D eigenvalue weighted by atomic mass is 16.6. The summed E-state index contributed by atoms with van der Waals surface area (Å²) in [6, 6.07) is 11.8. The molecular formula is C22H31N5O3. The fourth-order valence-corrected chi connectivity index (χ4v) is 3.25. The van der Waals surface area contributed by atoms with E-state index in [1.54, 1.807) is 0 Å². The van der Waals surface area contributed by atoms with E-state index in [0.717, 1.165) is 42.5 Å². The number of carbonyl (C=O) groups excluding carboxylic acids is 1. The Hall–Kier alpha value is -3.03. The lowest BCUT2D eigenvalue weighted by molar-refractivity contribution is 0.0507. The second-order valence-electron chi connectivity index (χ2n) is 8.30. The van der Waals surface area contributed by atoms with Crippen molar-refractivity contribution in [1.82, 2.24) is 20.7 Å². The number of aromatic nitrogens is 1. The van der Waals surface area contributed by atoms with Crippen LogP contribution in [0.25, 0.3) is 11.3 Å². The molecular weight excluding hydrogens is 382 g/mol. The molecule has 1 amide bonds. The van der Waals surface area contributed by atoms with E-state index in [1.165, 1.54) is 0 Å². The number of alkyl carbamates (subject to hydrolysis) is 1. The molecule has 0 radical (unpaired) electrons. The minimum atomic E-state index is -0.505. The first-order valence-electron chi connectivity index (χ1n) is 10.4. The molecule has 0 aliphatic carbocycles. The molecule has 2 heterocycles. The van der Waals surface area contributed by atoms with Crippen molar-refractivity contribution >= 4 is 12.1 Å². The Kier molecular flexibility index (Phi) is 6.97. The monoisotopic (exact) mass is 413 g/mol. The summed E-state index contributed by atoms with van der Waals surface area (Å²) in [6.07, 6.45) is 0.457. The van der Waals surface area contributed by atoms with Gasteiger partial charge in [0.2, 0.25) is 0 Å². The van der Waals surface area contributed by atoms with E-state index < -0.39 is 5.60 Å². The topological polar surface area (TPSA) is 92.0 Å². The minimum Gasteiger partial charge on any atom is -0.444 e. The lowest BCUT2D eigenvalue weighted by Crippen LogP contribution is -2.44. The number of aliphatic imine (C=N–C) groups is 1. The number of nitrogens with one attached hydrogen (secondary N) is 2. The summed E-state index contributed by atoms with van der Waals surface area (Å²) in [7, 11) is 0. The van der Waals surface area contributed by atoms with Gasteiger partial charge in [0, 0.05) is 31.3 Å². The molecule has 30 heavy (non-hydrogen) atoms. The first-order chi connectivity index (χ1) is 14.3. The number of hydrogen-bond acceptors (Lipinski definition) is 5. The van der Waals surface area contributed by atoms with Crippen molar-refractivity contribution < 1.29 is 14.1 Å². The van der Waals surface area contributed by atoms with Gasteiger partial charge in [-0.3, -0.25) is 0 Å². The lowest BCUT2D eigenvalue weighted by Gasteiger charge is -2.23. The molecule has 2 aromatic rings. The van der Waals surface area contributed by atoms with Crippen molar-refractivity contribution in [2.45, 2.75) is 52.3 Å². The zero-order chi connectivity index (χ0) is 21.6. The molecule has 1 unspecified atom stereocenters. The average molecular weight is 414 g/mol. The van der Waals surface area contributed by atoms with Gasteiger partial charge in [-0.1, -0.05) is 35.5 Å². The number of rotatable bonds is 5. The Morgan fingerprint density at radius 3 is 2.80 bits per heavy atom. The Morgan fingerprint density at radius 2 is 2.10 bits per heavy atom. The molecule has 8 nitrogen and oxygen atoms in total. The molecule has 0 saturated carbocycles. The SMILES string of the molecule is CCNC(=NCc1cc(-c2ccccc2)on1)N1CCC(NC(=O)OC(C)(C)C)C1. The maximum Gasteiger partial charge on any atom is 0.407 e. The third-order valence-corrected chi connectivity index (χ3v) is 4.55. The van der Waals surface area contributed by atoms with Gasteiger partial charge in [0.05, 0.1) is 12.6 Å². The Labute approximate surface area is 177 Å². The predicted molar refractivity (Wildman–Crippen MR) is 116 cm³/mol. The molecule has 0 spiro atoms. The van der Waals surface area contributed by atoms with Crippen LogP contribution in [0.3, 0.4) is 0 Å². The van der Waals surface area contributed by atoms with Gasteiger partial charge >= 0.3 is 6.09 Å². The van der Waals surface area contributed by atoms with Gasteiger partial charge in [0.1, 0.15) is 11.3 Å². The van der Waals surface area contributed by atoms with E-state index in [2.05, 4.69) is 20.7 Å². The van der Waals surface area contributed by atoms with E-state index in [9.17, 15) is 4.79 Å². The maximum absolute atomic E-state index is 12.0. The quantitative estimate of drug-likeness (QED) is 0.577. The summed E-state index contributed by atoms with van der Waals surface area (Å²) in [5.74, 6) is 1.53. The highest BCUT2D eigenvalue weighted by Gasteiger charge is 2.27. The second-order valence-corrected chi connectivity index (χ2v) is 8.30.